The monoisotopic (exact) mass is 220 g/mol. The lowest BCUT2D eigenvalue weighted by atomic mass is 9.94. The van der Waals surface area contributed by atoms with E-state index in [0.717, 1.165) is 23.3 Å². The number of nitrogens with two attached hydrogens (primary N) is 1. The van der Waals surface area contributed by atoms with Crippen LogP contribution in [0.5, 0.6) is 0 Å². The summed E-state index contributed by atoms with van der Waals surface area (Å²) in [6.07, 6.45) is 7.09. The molecule has 2 N–H and O–H groups in total. The largest absolute Gasteiger partial charge is 0.370 e. The van der Waals surface area contributed by atoms with Gasteiger partial charge in [-0.05, 0) is 30.6 Å². The molecule has 2 aliphatic rings. The molecule has 2 rings (SSSR count). The van der Waals surface area contributed by atoms with E-state index >= 15 is 0 Å². The van der Waals surface area contributed by atoms with Crippen LogP contribution in [0.25, 0.3) is 0 Å². The molecule has 0 aromatic heterocycles. The highest BCUT2D eigenvalue weighted by Gasteiger charge is 2.20. The van der Waals surface area contributed by atoms with E-state index in [1.165, 1.54) is 12.2 Å². The van der Waals surface area contributed by atoms with E-state index in [4.69, 9.17) is 5.73 Å². The van der Waals surface area contributed by atoms with Crippen LogP contribution in [0.3, 0.4) is 0 Å². The lowest BCUT2D eigenvalue weighted by Crippen LogP contribution is -2.10. The number of hydrogen-bond acceptors (Lipinski definition) is 2. The highest BCUT2D eigenvalue weighted by Crippen LogP contribution is 2.30. The predicted molar refractivity (Wildman–Crippen MR) is 60.5 cm³/mol. The number of halogens is 1. The number of carbonyl (C=O) groups is 1. The topological polar surface area (TPSA) is 55.5 Å². The van der Waals surface area contributed by atoms with Crippen molar-refractivity contribution in [1.82, 2.24) is 0 Å². The first kappa shape index (κ1) is 10.8. The molecule has 0 bridgehead atoms. The van der Waals surface area contributed by atoms with Crippen molar-refractivity contribution in [1.29, 1.82) is 0 Å². The summed E-state index contributed by atoms with van der Waals surface area (Å²) >= 11 is 0. The number of amides is 1. The second-order valence-corrected chi connectivity index (χ2v) is 3.90. The van der Waals surface area contributed by atoms with Gasteiger partial charge < -0.3 is 5.73 Å². The van der Waals surface area contributed by atoms with E-state index in [9.17, 15) is 9.18 Å². The second kappa shape index (κ2) is 4.43. The maximum absolute atomic E-state index is 13.1. The number of aliphatic imine (C=N–C) groups is 1. The van der Waals surface area contributed by atoms with Crippen LogP contribution in [0.15, 0.2) is 40.3 Å². The zero-order chi connectivity index (χ0) is 11.5. The first-order valence-corrected chi connectivity index (χ1v) is 5.29. The summed E-state index contributed by atoms with van der Waals surface area (Å²) in [6.45, 7) is 0. The average Bonchev–Trinajstić information content (AvgIpc) is 2.60. The van der Waals surface area contributed by atoms with Crippen molar-refractivity contribution < 1.29 is 9.18 Å². The summed E-state index contributed by atoms with van der Waals surface area (Å²) in [5.41, 5.74) is 7.85. The average molecular weight is 220 g/mol. The molecule has 0 unspecified atom stereocenters. The Labute approximate surface area is 93.2 Å². The van der Waals surface area contributed by atoms with Crippen LogP contribution in [0.1, 0.15) is 25.7 Å². The molecular weight excluding hydrogens is 207 g/mol. The van der Waals surface area contributed by atoms with E-state index in [-0.39, 0.29) is 11.7 Å². The van der Waals surface area contributed by atoms with E-state index in [0.29, 0.717) is 19.3 Å². The van der Waals surface area contributed by atoms with Crippen LogP contribution in [0, 0.1) is 0 Å². The molecule has 16 heavy (non-hydrogen) atoms. The molecule has 1 aliphatic carbocycles. The summed E-state index contributed by atoms with van der Waals surface area (Å²) in [4.78, 5) is 14.8. The third kappa shape index (κ3) is 2.27. The van der Waals surface area contributed by atoms with Crippen LogP contribution < -0.4 is 5.73 Å². The second-order valence-electron chi connectivity index (χ2n) is 3.90. The van der Waals surface area contributed by atoms with Crippen LogP contribution in [0.2, 0.25) is 0 Å². The number of rotatable bonds is 4. The standard InChI is InChI=1S/C12H13FN2O/c13-9-4-5-11-10(6-9)8(7-15-11)2-1-3-12(14)16/h4,6-7H,1-3,5H2,(H2,14,16). The smallest absolute Gasteiger partial charge is 0.217 e. The number of hydrogen-bond donors (Lipinski definition) is 1. The quantitative estimate of drug-likeness (QED) is 0.775. The molecule has 0 saturated heterocycles. The molecule has 0 radical (unpaired) electrons. The molecular formula is C12H13FN2O. The van der Waals surface area contributed by atoms with Gasteiger partial charge in [0.15, 0.2) is 0 Å². The molecule has 0 spiro atoms. The molecule has 1 aliphatic heterocycles. The molecule has 0 fully saturated rings. The van der Waals surface area contributed by atoms with Crippen molar-refractivity contribution in [2.75, 3.05) is 0 Å². The van der Waals surface area contributed by atoms with Gasteiger partial charge >= 0.3 is 0 Å². The Bertz CT molecular complexity index is 444. The van der Waals surface area contributed by atoms with Crippen LogP contribution in [0.4, 0.5) is 4.39 Å². The minimum atomic E-state index is -0.302. The Morgan fingerprint density at radius 3 is 3.12 bits per heavy atom. The normalized spacial score (nSPS) is 18.3. The number of allylic oxidation sites excluding steroid dienone is 5. The summed E-state index contributed by atoms with van der Waals surface area (Å²) in [5, 5.41) is 0. The van der Waals surface area contributed by atoms with Gasteiger partial charge in [-0.2, -0.15) is 0 Å². The third-order valence-corrected chi connectivity index (χ3v) is 2.68. The van der Waals surface area contributed by atoms with Crippen molar-refractivity contribution in [2.24, 2.45) is 10.7 Å². The maximum atomic E-state index is 13.1. The first-order valence-electron chi connectivity index (χ1n) is 5.29. The van der Waals surface area contributed by atoms with Gasteiger partial charge in [0.2, 0.25) is 5.91 Å². The van der Waals surface area contributed by atoms with Crippen molar-refractivity contribution in [3.05, 3.63) is 35.3 Å². The van der Waals surface area contributed by atoms with E-state index in [2.05, 4.69) is 4.99 Å². The van der Waals surface area contributed by atoms with Gasteiger partial charge in [-0.15, -0.1) is 0 Å². The molecule has 1 heterocycles. The molecule has 1 amide bonds. The Kier molecular flexibility index (Phi) is 2.99. The van der Waals surface area contributed by atoms with Gasteiger partial charge in [0.25, 0.3) is 0 Å². The Balaban J connectivity index is 1.98. The molecule has 0 aromatic rings. The summed E-state index contributed by atoms with van der Waals surface area (Å²) in [6, 6.07) is 0. The molecule has 0 atom stereocenters. The van der Waals surface area contributed by atoms with Crippen LogP contribution in [-0.4, -0.2) is 11.6 Å². The Morgan fingerprint density at radius 2 is 2.38 bits per heavy atom. The Morgan fingerprint density at radius 1 is 1.56 bits per heavy atom. The predicted octanol–water partition coefficient (Wildman–Crippen LogP) is 2.16. The SMILES string of the molecule is NC(=O)CCCC1=CN=C2CC=C(F)C=C12. The van der Waals surface area contributed by atoms with Gasteiger partial charge in [0, 0.05) is 24.6 Å². The minimum absolute atomic E-state index is 0.211. The fraction of sp³-hybridized carbons (Fsp3) is 0.333. The number of carbonyl (C=O) groups excluding carboxylic acids is 1. The van der Waals surface area contributed by atoms with Gasteiger partial charge in [0.05, 0.1) is 5.71 Å². The molecule has 84 valence electrons. The van der Waals surface area contributed by atoms with E-state index in [1.54, 1.807) is 6.20 Å². The number of nitrogens with zero attached hydrogens (tertiary/aromatic N) is 1. The summed E-state index contributed by atoms with van der Waals surface area (Å²) in [5.74, 6) is -0.514. The maximum Gasteiger partial charge on any atom is 0.217 e. The first-order chi connectivity index (χ1) is 7.66. The van der Waals surface area contributed by atoms with Gasteiger partial charge in [-0.3, -0.25) is 9.79 Å². The highest BCUT2D eigenvalue weighted by molar-refractivity contribution is 6.08. The van der Waals surface area contributed by atoms with Crippen LogP contribution >= 0.6 is 0 Å². The molecule has 4 heteroatoms. The zero-order valence-electron chi connectivity index (χ0n) is 8.87. The fourth-order valence-electron chi connectivity index (χ4n) is 1.86. The van der Waals surface area contributed by atoms with Gasteiger partial charge in [0.1, 0.15) is 5.83 Å². The summed E-state index contributed by atoms with van der Waals surface area (Å²) in [7, 11) is 0. The van der Waals surface area contributed by atoms with Crippen molar-refractivity contribution in [2.45, 2.75) is 25.7 Å². The summed E-state index contributed by atoms with van der Waals surface area (Å²) < 4.78 is 13.1. The zero-order valence-corrected chi connectivity index (χ0v) is 8.87. The highest BCUT2D eigenvalue weighted by atomic mass is 19.1. The van der Waals surface area contributed by atoms with E-state index in [1.807, 2.05) is 0 Å². The van der Waals surface area contributed by atoms with Gasteiger partial charge in [-0.1, -0.05) is 0 Å². The molecule has 0 saturated carbocycles. The van der Waals surface area contributed by atoms with Crippen LogP contribution in [-0.2, 0) is 4.79 Å². The Hall–Kier alpha value is -1.71. The fourth-order valence-corrected chi connectivity index (χ4v) is 1.86. The van der Waals surface area contributed by atoms with Crippen molar-refractivity contribution in [3.63, 3.8) is 0 Å². The third-order valence-electron chi connectivity index (χ3n) is 2.68. The van der Waals surface area contributed by atoms with Gasteiger partial charge in [-0.25, -0.2) is 4.39 Å². The lowest BCUT2D eigenvalue weighted by molar-refractivity contribution is -0.118. The number of primary amides is 1. The van der Waals surface area contributed by atoms with Crippen molar-refractivity contribution >= 4 is 11.6 Å². The van der Waals surface area contributed by atoms with Crippen molar-refractivity contribution in [3.8, 4) is 0 Å². The lowest BCUT2D eigenvalue weighted by Gasteiger charge is -2.10. The minimum Gasteiger partial charge on any atom is -0.370 e. The molecule has 0 aromatic carbocycles. The number of fused-ring (bicyclic) bond motifs is 1. The molecule has 3 nitrogen and oxygen atoms in total. The van der Waals surface area contributed by atoms with E-state index < -0.39 is 0 Å².